The maximum Gasteiger partial charge on any atom is 0.248 e. The molecule has 70 valence electrons. The smallest absolute Gasteiger partial charge is 0.210 e. The van der Waals surface area contributed by atoms with Crippen LogP contribution in [0.4, 0.5) is 8.78 Å². The van der Waals surface area contributed by atoms with Crippen molar-refractivity contribution in [1.82, 2.24) is 0 Å². The van der Waals surface area contributed by atoms with Crippen LogP contribution < -0.4 is 0 Å². The van der Waals surface area contributed by atoms with Gasteiger partial charge in [-0.25, -0.2) is 8.78 Å². The Morgan fingerprint density at radius 1 is 1.08 bits per heavy atom. The molecule has 0 spiro atoms. The lowest BCUT2D eigenvalue weighted by molar-refractivity contribution is 0.000840. The molecule has 1 aromatic carbocycles. The number of hydrogen-bond donors (Lipinski definition) is 0. The molecule has 1 aliphatic rings. The molecular formula is C11H12F2. The van der Waals surface area contributed by atoms with Gasteiger partial charge in [0.05, 0.1) is 5.41 Å². The third-order valence-corrected chi connectivity index (χ3v) is 3.01. The highest BCUT2D eigenvalue weighted by molar-refractivity contribution is 5.28. The molecule has 1 aromatic rings. The summed E-state index contributed by atoms with van der Waals surface area (Å²) < 4.78 is 25.6. The summed E-state index contributed by atoms with van der Waals surface area (Å²) in [6.07, 6.45) is -0.0218. The number of benzene rings is 1. The van der Waals surface area contributed by atoms with Gasteiger partial charge in [-0.2, -0.15) is 0 Å². The summed E-state index contributed by atoms with van der Waals surface area (Å²) in [6.45, 7) is 0. The van der Waals surface area contributed by atoms with E-state index in [-0.39, 0.29) is 0 Å². The Hall–Kier alpha value is -0.920. The molecule has 2 rings (SSSR count). The lowest BCUT2D eigenvalue weighted by Gasteiger charge is -2.41. The van der Waals surface area contributed by atoms with E-state index in [9.17, 15) is 8.78 Å². The van der Waals surface area contributed by atoms with Crippen molar-refractivity contribution in [1.29, 1.82) is 0 Å². The Balaban J connectivity index is 2.32. The van der Waals surface area contributed by atoms with E-state index in [0.29, 0.717) is 12.8 Å². The molecule has 0 N–H and O–H groups in total. The lowest BCUT2D eigenvalue weighted by Crippen LogP contribution is -2.41. The number of alkyl halides is 2. The summed E-state index contributed by atoms with van der Waals surface area (Å²) in [7, 11) is 0. The summed E-state index contributed by atoms with van der Waals surface area (Å²) in [5, 5.41) is 0. The van der Waals surface area contributed by atoms with Gasteiger partial charge in [-0.1, -0.05) is 36.8 Å². The Morgan fingerprint density at radius 3 is 2.08 bits per heavy atom. The van der Waals surface area contributed by atoms with Gasteiger partial charge >= 0.3 is 0 Å². The lowest BCUT2D eigenvalue weighted by atomic mass is 9.65. The van der Waals surface area contributed by atoms with E-state index in [2.05, 4.69) is 0 Å². The molecule has 0 unspecified atom stereocenters. The molecule has 1 aliphatic carbocycles. The fourth-order valence-electron chi connectivity index (χ4n) is 1.96. The van der Waals surface area contributed by atoms with Gasteiger partial charge in [0, 0.05) is 0 Å². The fraction of sp³-hybridized carbons (Fsp3) is 0.455. The first-order valence-corrected chi connectivity index (χ1v) is 4.59. The van der Waals surface area contributed by atoms with Gasteiger partial charge in [0.2, 0.25) is 6.43 Å². The number of halogens is 2. The molecule has 0 aliphatic heterocycles. The second-order valence-corrected chi connectivity index (χ2v) is 3.68. The topological polar surface area (TPSA) is 0 Å². The maximum atomic E-state index is 12.8. The third-order valence-electron chi connectivity index (χ3n) is 3.01. The Kier molecular flexibility index (Phi) is 2.06. The first-order chi connectivity index (χ1) is 6.26. The van der Waals surface area contributed by atoms with Gasteiger partial charge in [-0.15, -0.1) is 0 Å². The standard InChI is InChI=1S/C11H12F2/c12-10(13)11(7-4-8-11)9-5-2-1-3-6-9/h1-3,5-6,10H,4,7-8H2. The molecule has 2 heteroatoms. The van der Waals surface area contributed by atoms with Crippen LogP contribution in [0.2, 0.25) is 0 Å². The Morgan fingerprint density at radius 2 is 1.69 bits per heavy atom. The average Bonchev–Trinajstić information content (AvgIpc) is 2.03. The molecule has 1 saturated carbocycles. The summed E-state index contributed by atoms with van der Waals surface area (Å²) >= 11 is 0. The van der Waals surface area contributed by atoms with Crippen molar-refractivity contribution in [2.75, 3.05) is 0 Å². The maximum absolute atomic E-state index is 12.8. The van der Waals surface area contributed by atoms with Crippen molar-refractivity contribution in [3.8, 4) is 0 Å². The van der Waals surface area contributed by atoms with Crippen LogP contribution in [-0.4, -0.2) is 6.43 Å². The van der Waals surface area contributed by atoms with Crippen LogP contribution in [0.3, 0.4) is 0 Å². The minimum absolute atomic E-state index is 0.634. The van der Waals surface area contributed by atoms with Crippen LogP contribution in [-0.2, 0) is 5.41 Å². The zero-order valence-electron chi connectivity index (χ0n) is 7.34. The van der Waals surface area contributed by atoms with Crippen molar-refractivity contribution in [2.45, 2.75) is 31.1 Å². The van der Waals surface area contributed by atoms with Gasteiger partial charge in [0.15, 0.2) is 0 Å². The zero-order valence-corrected chi connectivity index (χ0v) is 7.34. The van der Waals surface area contributed by atoms with Gasteiger partial charge in [-0.3, -0.25) is 0 Å². The van der Waals surface area contributed by atoms with Crippen LogP contribution in [0.25, 0.3) is 0 Å². The zero-order chi connectivity index (χ0) is 9.31. The van der Waals surface area contributed by atoms with Crippen LogP contribution in [0, 0.1) is 0 Å². The summed E-state index contributed by atoms with van der Waals surface area (Å²) in [5.74, 6) is 0. The summed E-state index contributed by atoms with van der Waals surface area (Å²) in [4.78, 5) is 0. The minimum Gasteiger partial charge on any atom is -0.210 e. The van der Waals surface area contributed by atoms with E-state index in [1.165, 1.54) is 0 Å². The monoisotopic (exact) mass is 182 g/mol. The van der Waals surface area contributed by atoms with Crippen LogP contribution in [0.15, 0.2) is 30.3 Å². The van der Waals surface area contributed by atoms with Gasteiger partial charge in [0.1, 0.15) is 0 Å². The Labute approximate surface area is 76.6 Å². The van der Waals surface area contributed by atoms with Gasteiger partial charge < -0.3 is 0 Å². The van der Waals surface area contributed by atoms with Crippen LogP contribution in [0.1, 0.15) is 24.8 Å². The summed E-state index contributed by atoms with van der Waals surface area (Å²) in [5.41, 5.74) is -0.0161. The average molecular weight is 182 g/mol. The quantitative estimate of drug-likeness (QED) is 0.657. The van der Waals surface area contributed by atoms with Crippen LogP contribution >= 0.6 is 0 Å². The highest BCUT2D eigenvalue weighted by Crippen LogP contribution is 2.47. The van der Waals surface area contributed by atoms with Gasteiger partial charge in [0.25, 0.3) is 0 Å². The second-order valence-electron chi connectivity index (χ2n) is 3.68. The van der Waals surface area contributed by atoms with E-state index in [0.717, 1.165) is 12.0 Å². The summed E-state index contributed by atoms with van der Waals surface area (Å²) in [6, 6.07) is 9.15. The van der Waals surface area contributed by atoms with E-state index in [1.54, 1.807) is 0 Å². The second kappa shape index (κ2) is 3.09. The molecule has 1 fully saturated rings. The molecule has 0 radical (unpaired) electrons. The van der Waals surface area contributed by atoms with Gasteiger partial charge in [-0.05, 0) is 18.4 Å². The normalized spacial score (nSPS) is 19.9. The largest absolute Gasteiger partial charge is 0.248 e. The van der Waals surface area contributed by atoms with Crippen molar-refractivity contribution in [3.05, 3.63) is 35.9 Å². The molecule has 0 bridgehead atoms. The molecular weight excluding hydrogens is 170 g/mol. The minimum atomic E-state index is -2.22. The van der Waals surface area contributed by atoms with E-state index < -0.39 is 11.8 Å². The molecule has 0 nitrogen and oxygen atoms in total. The van der Waals surface area contributed by atoms with E-state index >= 15 is 0 Å². The predicted octanol–water partition coefficient (Wildman–Crippen LogP) is 3.37. The Bertz CT molecular complexity index is 275. The van der Waals surface area contributed by atoms with E-state index in [4.69, 9.17) is 0 Å². The molecule has 0 heterocycles. The molecule has 0 aromatic heterocycles. The first-order valence-electron chi connectivity index (χ1n) is 4.59. The molecule has 0 saturated heterocycles. The predicted molar refractivity (Wildman–Crippen MR) is 48.0 cm³/mol. The van der Waals surface area contributed by atoms with Crippen molar-refractivity contribution < 1.29 is 8.78 Å². The molecule has 0 amide bonds. The fourth-order valence-corrected chi connectivity index (χ4v) is 1.96. The highest BCUT2D eigenvalue weighted by atomic mass is 19.3. The third kappa shape index (κ3) is 1.25. The van der Waals surface area contributed by atoms with Crippen molar-refractivity contribution >= 4 is 0 Å². The molecule has 0 atom stereocenters. The van der Waals surface area contributed by atoms with Crippen molar-refractivity contribution in [2.24, 2.45) is 0 Å². The number of rotatable bonds is 2. The number of hydrogen-bond acceptors (Lipinski definition) is 0. The SMILES string of the molecule is FC(F)C1(c2ccccc2)CCC1. The van der Waals surface area contributed by atoms with Crippen molar-refractivity contribution in [3.63, 3.8) is 0 Å². The molecule has 13 heavy (non-hydrogen) atoms. The van der Waals surface area contributed by atoms with Crippen LogP contribution in [0.5, 0.6) is 0 Å². The first kappa shape index (κ1) is 8.67. The highest BCUT2D eigenvalue weighted by Gasteiger charge is 2.46. The van der Waals surface area contributed by atoms with E-state index in [1.807, 2.05) is 30.3 Å².